The first-order valence-electron chi connectivity index (χ1n) is 13.7. The maximum Gasteiger partial charge on any atom is 0.338 e. The summed E-state index contributed by atoms with van der Waals surface area (Å²) in [5, 5.41) is 9.69. The predicted octanol–water partition coefficient (Wildman–Crippen LogP) is 5.21. The molecule has 10 nitrogen and oxygen atoms in total. The summed E-state index contributed by atoms with van der Waals surface area (Å²) in [6, 6.07) is 12.0. The summed E-state index contributed by atoms with van der Waals surface area (Å²) in [7, 11) is 1.52. The molecule has 1 aliphatic heterocycles. The number of aromatic nitrogens is 1. The zero-order valence-electron chi connectivity index (χ0n) is 24.5. The number of aromatic carboxylic acids is 1. The van der Waals surface area contributed by atoms with E-state index in [1.807, 2.05) is 13.8 Å². The summed E-state index contributed by atoms with van der Waals surface area (Å²) in [5.41, 5.74) is 1.34. The van der Waals surface area contributed by atoms with Gasteiger partial charge in [-0.1, -0.05) is 29.0 Å². The van der Waals surface area contributed by atoms with Crippen molar-refractivity contribution in [2.75, 3.05) is 13.7 Å². The Balaban J connectivity index is 1.64. The normalized spacial score (nSPS) is 14.8. The SMILES string of the molecule is CCOC(=O)C1=C(C)N=c2s/c(=C\c3ccc(-c4cc(C(=O)O)ccc4Cl)o3)c(=O)n2[C@@H]1c1ccc(OC(C)C)c(OC)c1. The van der Waals surface area contributed by atoms with E-state index in [-0.39, 0.29) is 23.8 Å². The van der Waals surface area contributed by atoms with Crippen LogP contribution in [0, 0.1) is 0 Å². The number of carbonyl (C=O) groups is 2. The number of halogens is 1. The van der Waals surface area contributed by atoms with Crippen LogP contribution in [0.1, 0.15) is 55.4 Å². The van der Waals surface area contributed by atoms with Crippen molar-refractivity contribution in [3.63, 3.8) is 0 Å². The van der Waals surface area contributed by atoms with Gasteiger partial charge >= 0.3 is 11.9 Å². The lowest BCUT2D eigenvalue weighted by Crippen LogP contribution is -2.40. The van der Waals surface area contributed by atoms with E-state index in [0.717, 1.165) is 11.3 Å². The number of benzene rings is 2. The molecule has 4 aromatic rings. The van der Waals surface area contributed by atoms with Gasteiger partial charge < -0.3 is 23.7 Å². The molecule has 0 radical (unpaired) electrons. The molecule has 0 spiro atoms. The highest BCUT2D eigenvalue weighted by Gasteiger charge is 2.34. The Morgan fingerprint density at radius 3 is 2.61 bits per heavy atom. The van der Waals surface area contributed by atoms with Gasteiger partial charge in [0.05, 0.1) is 52.3 Å². The third-order valence-electron chi connectivity index (χ3n) is 6.76. The van der Waals surface area contributed by atoms with E-state index in [2.05, 4.69) is 4.99 Å². The highest BCUT2D eigenvalue weighted by Crippen LogP contribution is 2.37. The summed E-state index contributed by atoms with van der Waals surface area (Å²) < 4.78 is 24.6. The molecule has 3 heterocycles. The van der Waals surface area contributed by atoms with Gasteiger partial charge in [-0.15, -0.1) is 0 Å². The fourth-order valence-electron chi connectivity index (χ4n) is 4.86. The minimum Gasteiger partial charge on any atom is -0.493 e. The van der Waals surface area contributed by atoms with Crippen molar-refractivity contribution >= 4 is 41.0 Å². The number of hydrogen-bond acceptors (Lipinski definition) is 9. The Hall–Kier alpha value is -4.61. The molecule has 1 aliphatic rings. The molecule has 0 aliphatic carbocycles. The van der Waals surface area contributed by atoms with Crippen molar-refractivity contribution in [2.45, 2.75) is 39.8 Å². The summed E-state index contributed by atoms with van der Waals surface area (Å²) in [4.78, 5) is 43.7. The average Bonchev–Trinajstić information content (AvgIpc) is 3.56. The molecule has 1 atom stereocenters. The van der Waals surface area contributed by atoms with Crippen molar-refractivity contribution < 1.29 is 33.3 Å². The Morgan fingerprint density at radius 2 is 1.93 bits per heavy atom. The summed E-state index contributed by atoms with van der Waals surface area (Å²) in [6.45, 7) is 7.37. The molecular weight excluding hydrogens is 608 g/mol. The number of fused-ring (bicyclic) bond motifs is 1. The van der Waals surface area contributed by atoms with Crippen LogP contribution in [-0.4, -0.2) is 41.4 Å². The lowest BCUT2D eigenvalue weighted by molar-refractivity contribution is -0.139. The first-order valence-corrected chi connectivity index (χ1v) is 14.9. The van der Waals surface area contributed by atoms with Gasteiger partial charge in [-0.05, 0) is 75.7 Å². The van der Waals surface area contributed by atoms with E-state index in [9.17, 15) is 19.5 Å². The van der Waals surface area contributed by atoms with Crippen molar-refractivity contribution in [3.8, 4) is 22.8 Å². The molecule has 0 fully saturated rings. The Morgan fingerprint density at radius 1 is 1.16 bits per heavy atom. The molecule has 5 rings (SSSR count). The lowest BCUT2D eigenvalue weighted by atomic mass is 9.95. The van der Waals surface area contributed by atoms with Crippen molar-refractivity contribution in [1.82, 2.24) is 4.57 Å². The van der Waals surface area contributed by atoms with Gasteiger partial charge in [0.2, 0.25) is 0 Å². The Bertz CT molecular complexity index is 1990. The van der Waals surface area contributed by atoms with Crippen LogP contribution in [0.2, 0.25) is 5.02 Å². The molecule has 44 heavy (non-hydrogen) atoms. The zero-order valence-corrected chi connectivity index (χ0v) is 26.1. The first-order chi connectivity index (χ1) is 21.0. The van der Waals surface area contributed by atoms with E-state index in [0.29, 0.717) is 54.2 Å². The van der Waals surface area contributed by atoms with Crippen LogP contribution >= 0.6 is 22.9 Å². The maximum absolute atomic E-state index is 14.0. The number of esters is 1. The first kappa shape index (κ1) is 30.8. The quantitative estimate of drug-likeness (QED) is 0.248. The van der Waals surface area contributed by atoms with Crippen LogP contribution in [0.15, 0.2) is 74.0 Å². The van der Waals surface area contributed by atoms with E-state index >= 15 is 0 Å². The molecule has 0 unspecified atom stereocenters. The van der Waals surface area contributed by atoms with E-state index < -0.39 is 23.5 Å². The van der Waals surface area contributed by atoms with Gasteiger partial charge in [0.1, 0.15) is 11.5 Å². The second-order valence-corrected chi connectivity index (χ2v) is 11.5. The molecule has 12 heteroatoms. The number of hydrogen-bond donors (Lipinski definition) is 1. The van der Waals surface area contributed by atoms with Crippen LogP contribution in [0.4, 0.5) is 0 Å². The van der Waals surface area contributed by atoms with Gasteiger partial charge in [-0.25, -0.2) is 14.6 Å². The molecule has 228 valence electrons. The molecule has 0 amide bonds. The monoisotopic (exact) mass is 636 g/mol. The van der Waals surface area contributed by atoms with E-state index in [1.54, 1.807) is 50.3 Å². The molecule has 0 saturated carbocycles. The van der Waals surface area contributed by atoms with Crippen molar-refractivity contribution in [3.05, 3.63) is 101 Å². The summed E-state index contributed by atoms with van der Waals surface area (Å²) in [5.74, 6) is -0.0131. The molecule has 2 aromatic heterocycles. The third-order valence-corrected chi connectivity index (χ3v) is 8.07. The number of rotatable bonds is 9. The van der Waals surface area contributed by atoms with E-state index in [4.69, 9.17) is 30.2 Å². The van der Waals surface area contributed by atoms with Crippen LogP contribution in [-0.2, 0) is 9.53 Å². The average molecular weight is 637 g/mol. The topological polar surface area (TPSA) is 130 Å². The van der Waals surface area contributed by atoms with Gasteiger partial charge in [0, 0.05) is 11.6 Å². The largest absolute Gasteiger partial charge is 0.493 e. The number of methoxy groups -OCH3 is 1. The predicted molar refractivity (Wildman–Crippen MR) is 165 cm³/mol. The van der Waals surface area contributed by atoms with Gasteiger partial charge in [0.25, 0.3) is 5.56 Å². The highest BCUT2D eigenvalue weighted by atomic mass is 35.5. The summed E-state index contributed by atoms with van der Waals surface area (Å²) >= 11 is 7.46. The number of thiazole rings is 1. The summed E-state index contributed by atoms with van der Waals surface area (Å²) in [6.07, 6.45) is 1.48. The number of carbonyl (C=O) groups excluding carboxylic acids is 1. The molecule has 0 saturated heterocycles. The van der Waals surface area contributed by atoms with Gasteiger partial charge in [0.15, 0.2) is 16.3 Å². The van der Waals surface area contributed by atoms with Crippen molar-refractivity contribution in [1.29, 1.82) is 0 Å². The second-order valence-electron chi connectivity index (χ2n) is 10.1. The number of allylic oxidation sites excluding steroid dienone is 1. The molecular formula is C32H29ClN2O8S. The number of carboxylic acid groups (broad SMARTS) is 1. The smallest absolute Gasteiger partial charge is 0.338 e. The number of ether oxygens (including phenoxy) is 3. The number of carboxylic acids is 1. The Kier molecular flexibility index (Phi) is 8.80. The minimum absolute atomic E-state index is 0.0591. The van der Waals surface area contributed by atoms with Crippen LogP contribution in [0.3, 0.4) is 0 Å². The maximum atomic E-state index is 14.0. The van der Waals surface area contributed by atoms with Gasteiger partial charge in [-0.2, -0.15) is 0 Å². The van der Waals surface area contributed by atoms with Crippen LogP contribution < -0.4 is 24.4 Å². The second kappa shape index (κ2) is 12.6. The standard InChI is InChI=1S/C32H29ClN2O8S/c1-6-41-31(39)27-17(4)34-32-35(28(27)18-8-11-24(42-16(2)3)25(14-18)40-5)29(36)26(44-32)15-20-9-12-23(43-20)21-13-19(30(37)38)7-10-22(21)33/h7-16,28H,6H2,1-5H3,(H,37,38)/b26-15-/t28-/m1/s1. The lowest BCUT2D eigenvalue weighted by Gasteiger charge is -2.25. The zero-order chi connectivity index (χ0) is 31.7. The Labute approximate surface area is 261 Å². The van der Waals surface area contributed by atoms with Gasteiger partial charge in [-0.3, -0.25) is 9.36 Å². The molecule has 0 bridgehead atoms. The fraction of sp³-hybridized carbons (Fsp3) is 0.250. The number of nitrogens with zero attached hydrogens (tertiary/aromatic N) is 2. The van der Waals surface area contributed by atoms with E-state index in [1.165, 1.54) is 29.9 Å². The van der Waals surface area contributed by atoms with Crippen molar-refractivity contribution in [2.24, 2.45) is 4.99 Å². The van der Waals surface area contributed by atoms with Crippen LogP contribution in [0.25, 0.3) is 17.4 Å². The minimum atomic E-state index is -1.09. The fourth-order valence-corrected chi connectivity index (χ4v) is 6.10. The number of furan rings is 1. The third kappa shape index (κ3) is 5.93. The van der Waals surface area contributed by atoms with Crippen LogP contribution in [0.5, 0.6) is 11.5 Å². The molecule has 1 N–H and O–H groups in total. The highest BCUT2D eigenvalue weighted by molar-refractivity contribution is 7.07. The molecule has 2 aromatic carbocycles.